The number of methoxy groups -OCH3 is 1. The highest BCUT2D eigenvalue weighted by Crippen LogP contribution is 1.93. The lowest BCUT2D eigenvalue weighted by molar-refractivity contribution is -0.143. The predicted octanol–water partition coefficient (Wildman–Crippen LogP) is -1.53. The molecule has 0 aliphatic rings. The molecule has 0 fully saturated rings. The molecule has 0 aliphatic heterocycles. The van der Waals surface area contributed by atoms with Gasteiger partial charge in [-0.05, 0) is 0 Å². The fourth-order valence-corrected chi connectivity index (χ4v) is 0.863. The number of aliphatic carboxylic acids is 1. The molecule has 0 aromatic carbocycles. The van der Waals surface area contributed by atoms with Crippen LogP contribution < -0.4 is 11.1 Å². The molecular weight excluding hydrogens is 204 g/mol. The number of hydrogen-bond donors (Lipinski definition) is 3. The van der Waals surface area contributed by atoms with E-state index in [1.54, 1.807) is 0 Å². The number of carbonyl (C=O) groups excluding carboxylic acids is 2. The van der Waals surface area contributed by atoms with Gasteiger partial charge < -0.3 is 20.9 Å². The molecule has 7 heteroatoms. The molecule has 7 nitrogen and oxygen atoms in total. The fourth-order valence-electron chi connectivity index (χ4n) is 0.863. The quantitative estimate of drug-likeness (QED) is 0.479. The lowest BCUT2D eigenvalue weighted by atomic mass is 10.2. The van der Waals surface area contributed by atoms with Gasteiger partial charge in [0, 0.05) is 13.5 Å². The number of nitrogens with one attached hydrogen (secondary N) is 1. The van der Waals surface area contributed by atoms with Crippen LogP contribution in [0, 0.1) is 0 Å². The largest absolute Gasteiger partial charge is 0.480 e. The summed E-state index contributed by atoms with van der Waals surface area (Å²) in [4.78, 5) is 32.2. The summed E-state index contributed by atoms with van der Waals surface area (Å²) >= 11 is 0. The Balaban J connectivity index is 4.10. The van der Waals surface area contributed by atoms with Gasteiger partial charge in [0.1, 0.15) is 6.04 Å². The Morgan fingerprint density at radius 2 is 2.07 bits per heavy atom. The number of ether oxygens (including phenoxy) is 1. The van der Waals surface area contributed by atoms with Gasteiger partial charge >= 0.3 is 5.97 Å². The van der Waals surface area contributed by atoms with Crippen molar-refractivity contribution >= 4 is 17.8 Å². The second-order valence-corrected chi connectivity index (χ2v) is 2.87. The number of carboxylic acid groups (broad SMARTS) is 1. The average Bonchev–Trinajstić information content (AvgIpc) is 2.12. The van der Waals surface area contributed by atoms with Crippen LogP contribution in [0.3, 0.4) is 0 Å². The fraction of sp³-hybridized carbons (Fsp3) is 0.625. The molecule has 0 aromatic rings. The zero-order chi connectivity index (χ0) is 11.8. The Labute approximate surface area is 86.6 Å². The van der Waals surface area contributed by atoms with Gasteiger partial charge in [-0.1, -0.05) is 0 Å². The molecule has 1 atom stereocenters. The Hall–Kier alpha value is -1.63. The third-order valence-electron chi connectivity index (χ3n) is 1.57. The zero-order valence-electron chi connectivity index (χ0n) is 8.36. The summed E-state index contributed by atoms with van der Waals surface area (Å²) < 4.78 is 4.64. The number of carbonyl (C=O) groups is 3. The van der Waals surface area contributed by atoms with Gasteiger partial charge in [-0.25, -0.2) is 4.79 Å². The summed E-state index contributed by atoms with van der Waals surface area (Å²) in [5.41, 5.74) is 4.83. The molecule has 2 amide bonds. The first-order valence-corrected chi connectivity index (χ1v) is 4.26. The highest BCUT2D eigenvalue weighted by Gasteiger charge is 2.21. The number of carboxylic acids is 1. The van der Waals surface area contributed by atoms with E-state index in [4.69, 9.17) is 10.8 Å². The predicted molar refractivity (Wildman–Crippen MR) is 49.9 cm³/mol. The van der Waals surface area contributed by atoms with Crippen molar-refractivity contribution in [2.24, 2.45) is 5.73 Å². The molecular formula is C8H14N2O5. The summed E-state index contributed by atoms with van der Waals surface area (Å²) in [6, 6.07) is -1.27. The summed E-state index contributed by atoms with van der Waals surface area (Å²) in [6.45, 7) is 0.189. The topological polar surface area (TPSA) is 119 Å². The van der Waals surface area contributed by atoms with Crippen molar-refractivity contribution in [2.45, 2.75) is 18.9 Å². The van der Waals surface area contributed by atoms with Crippen molar-refractivity contribution in [3.05, 3.63) is 0 Å². The average molecular weight is 218 g/mol. The SMILES string of the molecule is COCCC(=O)N[C@H](CC(N)=O)C(=O)O. The molecule has 0 bridgehead atoms. The Bertz CT molecular complexity index is 253. The standard InChI is InChI=1S/C8H14N2O5/c1-15-3-2-7(12)10-5(8(13)14)4-6(9)11/h5H,2-4H2,1H3,(H2,9,11)(H,10,12)(H,13,14)/t5-/m1/s1. The van der Waals surface area contributed by atoms with Crippen LogP contribution >= 0.6 is 0 Å². The number of hydrogen-bond acceptors (Lipinski definition) is 4. The minimum absolute atomic E-state index is 0.0407. The Morgan fingerprint density at radius 3 is 2.47 bits per heavy atom. The van der Waals surface area contributed by atoms with Crippen molar-refractivity contribution < 1.29 is 24.2 Å². The van der Waals surface area contributed by atoms with Crippen molar-refractivity contribution in [3.8, 4) is 0 Å². The number of primary amides is 1. The van der Waals surface area contributed by atoms with Crippen LogP contribution in [0.5, 0.6) is 0 Å². The van der Waals surface area contributed by atoms with E-state index in [1.165, 1.54) is 7.11 Å². The monoisotopic (exact) mass is 218 g/mol. The summed E-state index contributed by atoms with van der Waals surface area (Å²) in [5.74, 6) is -2.57. The first-order valence-electron chi connectivity index (χ1n) is 4.26. The molecule has 0 radical (unpaired) electrons. The maximum atomic E-state index is 11.1. The van der Waals surface area contributed by atoms with E-state index >= 15 is 0 Å². The molecule has 0 saturated heterocycles. The molecule has 86 valence electrons. The molecule has 0 aromatic heterocycles. The van der Waals surface area contributed by atoms with Gasteiger partial charge in [0.15, 0.2) is 0 Å². The maximum absolute atomic E-state index is 11.1. The first-order chi connectivity index (χ1) is 6.97. The van der Waals surface area contributed by atoms with Crippen LogP contribution in [0.15, 0.2) is 0 Å². The number of amides is 2. The molecule has 0 spiro atoms. The third-order valence-corrected chi connectivity index (χ3v) is 1.57. The molecule has 15 heavy (non-hydrogen) atoms. The lowest BCUT2D eigenvalue weighted by Crippen LogP contribution is -2.43. The highest BCUT2D eigenvalue weighted by molar-refractivity contribution is 5.88. The van der Waals surface area contributed by atoms with Gasteiger partial charge in [0.2, 0.25) is 11.8 Å². The van der Waals surface area contributed by atoms with Crippen molar-refractivity contribution in [3.63, 3.8) is 0 Å². The molecule has 0 unspecified atom stereocenters. The van der Waals surface area contributed by atoms with Gasteiger partial charge in [-0.3, -0.25) is 9.59 Å². The van der Waals surface area contributed by atoms with Crippen molar-refractivity contribution in [1.82, 2.24) is 5.32 Å². The second-order valence-electron chi connectivity index (χ2n) is 2.87. The van der Waals surface area contributed by atoms with Crippen LogP contribution in [0.1, 0.15) is 12.8 Å². The van der Waals surface area contributed by atoms with Gasteiger partial charge in [0.05, 0.1) is 13.0 Å². The van der Waals surface area contributed by atoms with E-state index in [0.29, 0.717) is 0 Å². The third kappa shape index (κ3) is 6.44. The van der Waals surface area contributed by atoms with Crippen LogP contribution in [0.25, 0.3) is 0 Å². The lowest BCUT2D eigenvalue weighted by Gasteiger charge is -2.12. The molecule has 0 aliphatic carbocycles. The summed E-state index contributed by atoms with van der Waals surface area (Å²) in [7, 11) is 1.42. The minimum atomic E-state index is -1.29. The van der Waals surface area contributed by atoms with Gasteiger partial charge in [-0.2, -0.15) is 0 Å². The first kappa shape index (κ1) is 13.4. The molecule has 0 saturated carbocycles. The van der Waals surface area contributed by atoms with E-state index in [9.17, 15) is 14.4 Å². The molecule has 4 N–H and O–H groups in total. The molecule has 0 rings (SSSR count). The van der Waals surface area contributed by atoms with Gasteiger partial charge in [-0.15, -0.1) is 0 Å². The minimum Gasteiger partial charge on any atom is -0.480 e. The summed E-state index contributed by atoms with van der Waals surface area (Å²) in [5, 5.41) is 10.8. The second kappa shape index (κ2) is 6.77. The molecule has 0 heterocycles. The smallest absolute Gasteiger partial charge is 0.326 e. The number of rotatable bonds is 7. The Kier molecular flexibility index (Phi) is 6.03. The highest BCUT2D eigenvalue weighted by atomic mass is 16.5. The van der Waals surface area contributed by atoms with E-state index in [1.807, 2.05) is 0 Å². The van der Waals surface area contributed by atoms with Crippen molar-refractivity contribution in [2.75, 3.05) is 13.7 Å². The van der Waals surface area contributed by atoms with E-state index in [-0.39, 0.29) is 13.0 Å². The normalized spacial score (nSPS) is 11.8. The van der Waals surface area contributed by atoms with Crippen LogP contribution in [-0.4, -0.2) is 42.6 Å². The Morgan fingerprint density at radius 1 is 1.47 bits per heavy atom. The van der Waals surface area contributed by atoms with E-state index < -0.39 is 30.2 Å². The van der Waals surface area contributed by atoms with Crippen LogP contribution in [0.4, 0.5) is 0 Å². The van der Waals surface area contributed by atoms with Crippen LogP contribution in [-0.2, 0) is 19.1 Å². The van der Waals surface area contributed by atoms with Gasteiger partial charge in [0.25, 0.3) is 0 Å². The van der Waals surface area contributed by atoms with Crippen LogP contribution in [0.2, 0.25) is 0 Å². The zero-order valence-corrected chi connectivity index (χ0v) is 8.36. The van der Waals surface area contributed by atoms with Crippen molar-refractivity contribution in [1.29, 1.82) is 0 Å². The van der Waals surface area contributed by atoms with E-state index in [2.05, 4.69) is 10.1 Å². The van der Waals surface area contributed by atoms with E-state index in [0.717, 1.165) is 0 Å². The maximum Gasteiger partial charge on any atom is 0.326 e. The summed E-state index contributed by atoms with van der Waals surface area (Å²) in [6.07, 6.45) is -0.382. The number of nitrogens with two attached hydrogens (primary N) is 1.